The Bertz CT molecular complexity index is 1020. The molecule has 2 aromatic rings. The molecule has 0 aliphatic carbocycles. The highest BCUT2D eigenvalue weighted by atomic mass is 32.1. The van der Waals surface area contributed by atoms with Crippen LogP contribution in [0.3, 0.4) is 0 Å². The Morgan fingerprint density at radius 3 is 2.32 bits per heavy atom. The number of esters is 1. The van der Waals surface area contributed by atoms with Crippen LogP contribution >= 0.6 is 25.3 Å². The zero-order valence-electron chi connectivity index (χ0n) is 22.6. The molecule has 0 aromatic heterocycles. The van der Waals surface area contributed by atoms with Crippen molar-refractivity contribution >= 4 is 31.2 Å². The van der Waals surface area contributed by atoms with Gasteiger partial charge in [-0.3, -0.25) is 0 Å². The molecule has 0 saturated carbocycles. The normalized spacial score (nSPS) is 10.7. The molecule has 7 heteroatoms. The Balaban J connectivity index is 2.07. The number of hydrogen-bond acceptors (Lipinski definition) is 7. The molecule has 0 radical (unpaired) electrons. The lowest BCUT2D eigenvalue weighted by molar-refractivity contribution is -0.139. The van der Waals surface area contributed by atoms with Crippen LogP contribution in [0.1, 0.15) is 44.6 Å². The molecule has 38 heavy (non-hydrogen) atoms. The van der Waals surface area contributed by atoms with Crippen LogP contribution in [0.4, 0.5) is 0 Å². The van der Waals surface area contributed by atoms with Crippen LogP contribution in [0.2, 0.25) is 0 Å². The Morgan fingerprint density at radius 1 is 0.842 bits per heavy atom. The predicted molar refractivity (Wildman–Crippen MR) is 163 cm³/mol. The number of ether oxygens (including phenoxy) is 4. The second-order valence-electron chi connectivity index (χ2n) is 9.07. The number of unbranched alkanes of at least 4 members (excludes halogenated alkanes) is 4. The first-order valence-corrected chi connectivity index (χ1v) is 14.5. The molecule has 0 spiro atoms. The number of thiol groups is 2. The highest BCUT2D eigenvalue weighted by Gasteiger charge is 2.10. The SMILES string of the molecule is C=C(CS)COCCOc1cccc(-c2cc(OCCOC(=O)C(=C)CS)ccc2CCCCCCC)c1. The molecule has 5 nitrogen and oxygen atoms in total. The lowest BCUT2D eigenvalue weighted by Crippen LogP contribution is -2.14. The maximum atomic E-state index is 11.8. The fourth-order valence-corrected chi connectivity index (χ4v) is 3.97. The summed E-state index contributed by atoms with van der Waals surface area (Å²) >= 11 is 8.24. The van der Waals surface area contributed by atoms with Crippen LogP contribution < -0.4 is 9.47 Å². The standard InChI is InChI=1S/C31H42O5S2/c1-4-5-6-7-8-10-26-13-14-29(35-17-18-36-31(32)25(3)23-38)20-30(26)27-11-9-12-28(19-27)34-16-15-33-21-24(2)22-37/h9,11-14,19-20,37-38H,2-8,10,15-18,21-23H2,1H3. The molecule has 0 fully saturated rings. The molecule has 0 aliphatic rings. The minimum absolute atomic E-state index is 0.146. The smallest absolute Gasteiger partial charge is 0.334 e. The van der Waals surface area contributed by atoms with Gasteiger partial charge in [-0.25, -0.2) is 4.79 Å². The van der Waals surface area contributed by atoms with Crippen LogP contribution in [0.5, 0.6) is 11.5 Å². The lowest BCUT2D eigenvalue weighted by Gasteiger charge is -2.15. The van der Waals surface area contributed by atoms with E-state index in [1.54, 1.807) is 0 Å². The van der Waals surface area contributed by atoms with Gasteiger partial charge in [0, 0.05) is 17.1 Å². The summed E-state index contributed by atoms with van der Waals surface area (Å²) in [7, 11) is 0. The van der Waals surface area contributed by atoms with E-state index in [0.29, 0.717) is 31.1 Å². The van der Waals surface area contributed by atoms with Crippen molar-refractivity contribution in [3.05, 3.63) is 72.3 Å². The Morgan fingerprint density at radius 2 is 1.58 bits per heavy atom. The highest BCUT2D eigenvalue weighted by Crippen LogP contribution is 2.31. The molecule has 0 atom stereocenters. The molecule has 208 valence electrons. The van der Waals surface area contributed by atoms with Gasteiger partial charge in [-0.2, -0.15) is 25.3 Å². The van der Waals surface area contributed by atoms with E-state index in [-0.39, 0.29) is 19.0 Å². The van der Waals surface area contributed by atoms with E-state index in [4.69, 9.17) is 18.9 Å². The van der Waals surface area contributed by atoms with Crippen molar-refractivity contribution in [3.8, 4) is 22.6 Å². The summed E-state index contributed by atoms with van der Waals surface area (Å²) in [5.41, 5.74) is 4.73. The monoisotopic (exact) mass is 558 g/mol. The highest BCUT2D eigenvalue weighted by molar-refractivity contribution is 7.80. The summed E-state index contributed by atoms with van der Waals surface area (Å²) in [5.74, 6) is 1.95. The third kappa shape index (κ3) is 12.0. The second kappa shape index (κ2) is 18.8. The first-order valence-electron chi connectivity index (χ1n) is 13.3. The van der Waals surface area contributed by atoms with Gasteiger partial charge in [0.25, 0.3) is 0 Å². The van der Waals surface area contributed by atoms with E-state index in [2.05, 4.69) is 69.6 Å². The molecular formula is C31H42O5S2. The van der Waals surface area contributed by atoms with E-state index in [9.17, 15) is 4.79 Å². The summed E-state index contributed by atoms with van der Waals surface area (Å²) in [6.45, 7) is 11.6. The van der Waals surface area contributed by atoms with Gasteiger partial charge in [-0.05, 0) is 59.4 Å². The first kappa shape index (κ1) is 31.9. The fraction of sp³-hybridized carbons (Fsp3) is 0.452. The van der Waals surface area contributed by atoms with Gasteiger partial charge in [-0.15, -0.1) is 0 Å². The minimum atomic E-state index is -0.448. The van der Waals surface area contributed by atoms with Gasteiger partial charge in [0.05, 0.1) is 13.2 Å². The van der Waals surface area contributed by atoms with Gasteiger partial charge in [0.15, 0.2) is 0 Å². The minimum Gasteiger partial charge on any atom is -0.491 e. The summed E-state index contributed by atoms with van der Waals surface area (Å²) in [6.07, 6.45) is 7.13. The zero-order valence-corrected chi connectivity index (χ0v) is 24.4. The molecule has 0 saturated heterocycles. The van der Waals surface area contributed by atoms with Crippen LogP contribution in [0.15, 0.2) is 66.8 Å². The third-order valence-electron chi connectivity index (χ3n) is 5.87. The van der Waals surface area contributed by atoms with Gasteiger partial charge in [0.1, 0.15) is 31.3 Å². The van der Waals surface area contributed by atoms with Crippen LogP contribution in [0.25, 0.3) is 11.1 Å². The summed E-state index contributed by atoms with van der Waals surface area (Å²) in [4.78, 5) is 11.8. The third-order valence-corrected chi connectivity index (χ3v) is 6.70. The van der Waals surface area contributed by atoms with Crippen LogP contribution in [-0.2, 0) is 20.7 Å². The topological polar surface area (TPSA) is 54.0 Å². The maximum Gasteiger partial charge on any atom is 0.334 e. The van der Waals surface area contributed by atoms with Crippen molar-refractivity contribution in [1.29, 1.82) is 0 Å². The molecule has 0 unspecified atom stereocenters. The number of carbonyl (C=O) groups excluding carboxylic acids is 1. The molecule has 0 heterocycles. The van der Waals surface area contributed by atoms with Crippen LogP contribution in [0, 0.1) is 0 Å². The van der Waals surface area contributed by atoms with Crippen molar-refractivity contribution in [3.63, 3.8) is 0 Å². The van der Waals surface area contributed by atoms with Crippen molar-refractivity contribution < 1.29 is 23.7 Å². The molecule has 0 N–H and O–H groups in total. The van der Waals surface area contributed by atoms with E-state index in [1.165, 1.54) is 31.2 Å². The van der Waals surface area contributed by atoms with E-state index >= 15 is 0 Å². The predicted octanol–water partition coefficient (Wildman–Crippen LogP) is 7.16. The van der Waals surface area contributed by atoms with Gasteiger partial charge >= 0.3 is 5.97 Å². The summed E-state index contributed by atoms with van der Waals surface area (Å²) in [5, 5.41) is 0. The summed E-state index contributed by atoms with van der Waals surface area (Å²) < 4.78 is 22.6. The Labute approximate surface area is 239 Å². The molecular weight excluding hydrogens is 516 g/mol. The molecule has 2 rings (SSSR count). The molecule has 0 amide bonds. The van der Waals surface area contributed by atoms with Crippen LogP contribution in [-0.4, -0.2) is 50.5 Å². The number of aryl methyl sites for hydroxylation is 1. The molecule has 0 bridgehead atoms. The maximum absolute atomic E-state index is 11.8. The lowest BCUT2D eigenvalue weighted by atomic mass is 9.95. The number of benzene rings is 2. The quantitative estimate of drug-likeness (QED) is 0.0594. The van der Waals surface area contributed by atoms with Crippen molar-refractivity contribution in [2.75, 3.05) is 44.5 Å². The molecule has 2 aromatic carbocycles. The zero-order chi connectivity index (χ0) is 27.6. The van der Waals surface area contributed by atoms with Gasteiger partial charge in [0.2, 0.25) is 0 Å². The van der Waals surface area contributed by atoms with Crippen molar-refractivity contribution in [1.82, 2.24) is 0 Å². The number of rotatable bonds is 20. The largest absolute Gasteiger partial charge is 0.491 e. The number of carbonyl (C=O) groups is 1. The second-order valence-corrected chi connectivity index (χ2v) is 9.70. The molecule has 0 aliphatic heterocycles. The first-order chi connectivity index (χ1) is 18.5. The van der Waals surface area contributed by atoms with Gasteiger partial charge < -0.3 is 18.9 Å². The van der Waals surface area contributed by atoms with E-state index < -0.39 is 5.97 Å². The Hall–Kier alpha value is -2.35. The van der Waals surface area contributed by atoms with E-state index in [0.717, 1.165) is 41.0 Å². The number of hydrogen-bond donors (Lipinski definition) is 2. The van der Waals surface area contributed by atoms with E-state index in [1.807, 2.05) is 18.2 Å². The van der Waals surface area contributed by atoms with Gasteiger partial charge in [-0.1, -0.05) is 64.0 Å². The fourth-order valence-electron chi connectivity index (χ4n) is 3.75. The van der Waals surface area contributed by atoms with Crippen molar-refractivity contribution in [2.24, 2.45) is 0 Å². The Kier molecular flexibility index (Phi) is 15.8. The van der Waals surface area contributed by atoms with Crippen molar-refractivity contribution in [2.45, 2.75) is 45.4 Å². The summed E-state index contributed by atoms with van der Waals surface area (Å²) in [6, 6.07) is 14.3. The average Bonchev–Trinajstić information content (AvgIpc) is 2.94. The average molecular weight is 559 g/mol.